The van der Waals surface area contributed by atoms with Gasteiger partial charge >= 0.3 is 5.97 Å². The smallest absolute Gasteiger partial charge is 0.309 e. The molecule has 2 rings (SSSR count). The normalized spacial score (nSPS) is 12.9. The number of hydrogen-bond donors (Lipinski definition) is 2. The van der Waals surface area contributed by atoms with E-state index < -0.39 is 24.0 Å². The SMILES string of the molecule is CC(=O)NC(CC(=O)OC(C)C(=O)Nc1cc(C)on1)c1cccs1. The van der Waals surface area contributed by atoms with Crippen LogP contribution < -0.4 is 10.6 Å². The number of rotatable bonds is 7. The first-order chi connectivity index (χ1) is 11.8. The molecule has 0 saturated heterocycles. The molecule has 2 N–H and O–H groups in total. The molecule has 8 nitrogen and oxygen atoms in total. The molecule has 0 fully saturated rings. The molecule has 9 heteroatoms. The topological polar surface area (TPSA) is 111 Å². The number of nitrogens with one attached hydrogen (secondary N) is 2. The summed E-state index contributed by atoms with van der Waals surface area (Å²) < 4.78 is 9.99. The lowest BCUT2D eigenvalue weighted by Gasteiger charge is -2.17. The highest BCUT2D eigenvalue weighted by molar-refractivity contribution is 7.10. The van der Waals surface area contributed by atoms with Gasteiger partial charge in [0.05, 0.1) is 12.5 Å². The summed E-state index contributed by atoms with van der Waals surface area (Å²) in [6.45, 7) is 4.53. The van der Waals surface area contributed by atoms with Crippen LogP contribution in [0.5, 0.6) is 0 Å². The number of aryl methyl sites for hydroxylation is 1. The molecule has 134 valence electrons. The molecule has 2 aromatic rings. The second kappa shape index (κ2) is 8.43. The summed E-state index contributed by atoms with van der Waals surface area (Å²) in [6, 6.07) is 4.71. The average molecular weight is 365 g/mol. The molecule has 0 radical (unpaired) electrons. The van der Waals surface area contributed by atoms with E-state index in [2.05, 4.69) is 15.8 Å². The second-order valence-corrected chi connectivity index (χ2v) is 6.40. The Balaban J connectivity index is 1.90. The minimum atomic E-state index is -1.01. The van der Waals surface area contributed by atoms with Gasteiger partial charge in [0.25, 0.3) is 5.91 Å². The number of aromatic nitrogens is 1. The summed E-state index contributed by atoms with van der Waals surface area (Å²) in [4.78, 5) is 36.3. The lowest BCUT2D eigenvalue weighted by Crippen LogP contribution is -2.32. The maximum Gasteiger partial charge on any atom is 0.309 e. The van der Waals surface area contributed by atoms with Gasteiger partial charge in [-0.2, -0.15) is 0 Å². The van der Waals surface area contributed by atoms with Crippen LogP contribution in [-0.4, -0.2) is 29.0 Å². The molecule has 0 aliphatic rings. The standard InChI is InChI=1S/C16H19N3O5S/c1-9-7-14(19-24-9)18-16(22)10(2)23-15(21)8-12(17-11(3)20)13-5-4-6-25-13/h4-7,10,12H,8H2,1-3H3,(H,17,20)(H,18,19,22). The highest BCUT2D eigenvalue weighted by Crippen LogP contribution is 2.22. The molecule has 0 aliphatic heterocycles. The van der Waals surface area contributed by atoms with E-state index in [1.54, 1.807) is 13.0 Å². The van der Waals surface area contributed by atoms with Gasteiger partial charge in [0.1, 0.15) is 5.76 Å². The predicted octanol–water partition coefficient (Wildman–Crippen LogP) is 2.18. The quantitative estimate of drug-likeness (QED) is 0.728. The number of ether oxygens (including phenoxy) is 1. The van der Waals surface area contributed by atoms with Gasteiger partial charge in [-0.3, -0.25) is 14.4 Å². The zero-order valence-electron chi connectivity index (χ0n) is 14.1. The molecule has 2 aromatic heterocycles. The minimum Gasteiger partial charge on any atom is -0.452 e. The molecule has 0 saturated carbocycles. The van der Waals surface area contributed by atoms with Gasteiger partial charge in [0.2, 0.25) is 5.91 Å². The third-order valence-corrected chi connectivity index (χ3v) is 4.18. The van der Waals surface area contributed by atoms with E-state index in [0.717, 1.165) is 4.88 Å². The highest BCUT2D eigenvalue weighted by atomic mass is 32.1. The molecule has 25 heavy (non-hydrogen) atoms. The summed E-state index contributed by atoms with van der Waals surface area (Å²) in [7, 11) is 0. The van der Waals surface area contributed by atoms with E-state index >= 15 is 0 Å². The Morgan fingerprint density at radius 1 is 1.40 bits per heavy atom. The summed E-state index contributed by atoms with van der Waals surface area (Å²) in [5.74, 6) is -0.562. The first-order valence-corrected chi connectivity index (χ1v) is 8.47. The minimum absolute atomic E-state index is 0.0687. The second-order valence-electron chi connectivity index (χ2n) is 5.42. The van der Waals surface area contributed by atoms with Gasteiger partial charge in [-0.1, -0.05) is 11.2 Å². The van der Waals surface area contributed by atoms with Gasteiger partial charge in [-0.15, -0.1) is 11.3 Å². The summed E-state index contributed by atoms with van der Waals surface area (Å²) in [5, 5.41) is 10.7. The summed E-state index contributed by atoms with van der Waals surface area (Å²) in [5.41, 5.74) is 0. The number of carbonyl (C=O) groups is 3. The monoisotopic (exact) mass is 365 g/mol. The van der Waals surface area contributed by atoms with E-state index in [1.165, 1.54) is 25.2 Å². The number of esters is 1. The van der Waals surface area contributed by atoms with Crippen molar-refractivity contribution in [2.45, 2.75) is 39.3 Å². The number of anilines is 1. The Bertz CT molecular complexity index is 741. The highest BCUT2D eigenvalue weighted by Gasteiger charge is 2.23. The maximum atomic E-state index is 12.1. The van der Waals surface area contributed by atoms with E-state index in [9.17, 15) is 14.4 Å². The number of hydrogen-bond acceptors (Lipinski definition) is 7. The van der Waals surface area contributed by atoms with Crippen LogP contribution in [0.2, 0.25) is 0 Å². The summed E-state index contributed by atoms with van der Waals surface area (Å²) >= 11 is 1.42. The fraction of sp³-hybridized carbons (Fsp3) is 0.375. The molecule has 2 heterocycles. The van der Waals surface area contributed by atoms with Gasteiger partial charge in [0.15, 0.2) is 11.9 Å². The lowest BCUT2D eigenvalue weighted by molar-refractivity contribution is -0.153. The van der Waals surface area contributed by atoms with E-state index in [-0.39, 0.29) is 18.1 Å². The van der Waals surface area contributed by atoms with Crippen LogP contribution in [0.4, 0.5) is 5.82 Å². The number of nitrogens with zero attached hydrogens (tertiary/aromatic N) is 1. The molecular weight excluding hydrogens is 346 g/mol. The van der Waals surface area contributed by atoms with Crippen LogP contribution >= 0.6 is 11.3 Å². The predicted molar refractivity (Wildman–Crippen MR) is 90.9 cm³/mol. The van der Waals surface area contributed by atoms with Crippen molar-refractivity contribution in [1.82, 2.24) is 10.5 Å². The van der Waals surface area contributed by atoms with Gasteiger partial charge in [0, 0.05) is 17.9 Å². The first kappa shape index (κ1) is 18.7. The van der Waals surface area contributed by atoms with Crippen LogP contribution in [-0.2, 0) is 19.1 Å². The van der Waals surface area contributed by atoms with Gasteiger partial charge < -0.3 is 19.9 Å². The van der Waals surface area contributed by atoms with Crippen LogP contribution in [0.3, 0.4) is 0 Å². The number of carbonyl (C=O) groups excluding carboxylic acids is 3. The molecule has 0 spiro atoms. The molecule has 2 atom stereocenters. The molecule has 0 aromatic carbocycles. The number of amides is 2. The van der Waals surface area contributed by atoms with Crippen molar-refractivity contribution in [3.63, 3.8) is 0 Å². The van der Waals surface area contributed by atoms with Crippen LogP contribution in [0.1, 0.15) is 36.9 Å². The molecule has 0 bridgehead atoms. The fourth-order valence-corrected chi connectivity index (χ4v) is 2.85. The van der Waals surface area contributed by atoms with Gasteiger partial charge in [-0.25, -0.2) is 0 Å². The van der Waals surface area contributed by atoms with Crippen molar-refractivity contribution < 1.29 is 23.6 Å². The van der Waals surface area contributed by atoms with Crippen molar-refractivity contribution in [3.8, 4) is 0 Å². The maximum absolute atomic E-state index is 12.1. The molecule has 2 amide bonds. The van der Waals surface area contributed by atoms with Crippen molar-refractivity contribution in [2.24, 2.45) is 0 Å². The van der Waals surface area contributed by atoms with Crippen LogP contribution in [0.25, 0.3) is 0 Å². The lowest BCUT2D eigenvalue weighted by atomic mass is 10.1. The third kappa shape index (κ3) is 5.71. The Labute approximate surface area is 148 Å². The molecule has 2 unspecified atom stereocenters. The number of thiophene rings is 1. The third-order valence-electron chi connectivity index (χ3n) is 3.19. The Morgan fingerprint density at radius 3 is 2.72 bits per heavy atom. The van der Waals surface area contributed by atoms with Crippen molar-refractivity contribution in [3.05, 3.63) is 34.2 Å². The van der Waals surface area contributed by atoms with Crippen molar-refractivity contribution in [1.29, 1.82) is 0 Å². The zero-order valence-corrected chi connectivity index (χ0v) is 14.9. The zero-order chi connectivity index (χ0) is 18.4. The first-order valence-electron chi connectivity index (χ1n) is 7.59. The molecule has 0 aliphatic carbocycles. The van der Waals surface area contributed by atoms with Crippen LogP contribution in [0.15, 0.2) is 28.1 Å². The van der Waals surface area contributed by atoms with E-state index in [4.69, 9.17) is 9.26 Å². The Hall–Kier alpha value is -2.68. The van der Waals surface area contributed by atoms with Crippen molar-refractivity contribution in [2.75, 3.05) is 5.32 Å². The van der Waals surface area contributed by atoms with E-state index in [1.807, 2.05) is 17.5 Å². The summed E-state index contributed by atoms with van der Waals surface area (Å²) in [6.07, 6.45) is -1.08. The van der Waals surface area contributed by atoms with Crippen molar-refractivity contribution >= 4 is 34.9 Å². The van der Waals surface area contributed by atoms with Crippen LogP contribution in [0, 0.1) is 6.92 Å². The Morgan fingerprint density at radius 2 is 2.16 bits per heavy atom. The molecular formula is C16H19N3O5S. The van der Waals surface area contributed by atoms with E-state index in [0.29, 0.717) is 5.76 Å². The average Bonchev–Trinajstić information content (AvgIpc) is 3.17. The largest absolute Gasteiger partial charge is 0.452 e. The Kier molecular flexibility index (Phi) is 6.29. The van der Waals surface area contributed by atoms with Gasteiger partial charge in [-0.05, 0) is 25.3 Å². The fourth-order valence-electron chi connectivity index (χ4n) is 2.08.